The lowest BCUT2D eigenvalue weighted by Gasteiger charge is -2.25. The summed E-state index contributed by atoms with van der Waals surface area (Å²) in [6, 6.07) is 3.30. The van der Waals surface area contributed by atoms with Gasteiger partial charge in [-0.3, -0.25) is 4.90 Å². The van der Waals surface area contributed by atoms with Gasteiger partial charge in [0.05, 0.1) is 11.1 Å². The third-order valence-electron chi connectivity index (χ3n) is 3.98. The van der Waals surface area contributed by atoms with Crippen LogP contribution in [0.1, 0.15) is 12.8 Å². The molecular weight excluding hydrogens is 354 g/mol. The zero-order valence-electron chi connectivity index (χ0n) is 12.8. The van der Waals surface area contributed by atoms with E-state index in [0.717, 1.165) is 4.90 Å². The number of H-pyrrole nitrogens is 1. The van der Waals surface area contributed by atoms with Crippen molar-refractivity contribution in [1.82, 2.24) is 25.5 Å². The van der Waals surface area contributed by atoms with Crippen LogP contribution in [0, 0.1) is 0 Å². The van der Waals surface area contributed by atoms with Crippen molar-refractivity contribution < 1.29 is 24.5 Å². The van der Waals surface area contributed by atoms with Crippen molar-refractivity contribution in [1.29, 1.82) is 0 Å². The first-order valence-electron chi connectivity index (χ1n) is 7.37. The topological polar surface area (TPSA) is 142 Å². The van der Waals surface area contributed by atoms with E-state index >= 15 is 0 Å². The van der Waals surface area contributed by atoms with Crippen LogP contribution in [-0.2, 0) is 4.79 Å². The number of amides is 1. The van der Waals surface area contributed by atoms with Crippen molar-refractivity contribution in [2.75, 3.05) is 6.61 Å². The summed E-state index contributed by atoms with van der Waals surface area (Å²) in [5.41, 5.74) is 0.644. The normalized spacial score (nSPS) is 19.8. The first-order chi connectivity index (χ1) is 12.0. The van der Waals surface area contributed by atoms with Gasteiger partial charge in [0.15, 0.2) is 0 Å². The summed E-state index contributed by atoms with van der Waals surface area (Å²) < 4.78 is 5.61. The van der Waals surface area contributed by atoms with Gasteiger partial charge in [0.25, 0.3) is 0 Å². The molecule has 11 heteroatoms. The van der Waals surface area contributed by atoms with Gasteiger partial charge in [-0.15, -0.1) is 10.2 Å². The molecular formula is C14H14ClN5O5. The van der Waals surface area contributed by atoms with Crippen molar-refractivity contribution in [2.24, 2.45) is 0 Å². The molecule has 25 heavy (non-hydrogen) atoms. The van der Waals surface area contributed by atoms with E-state index in [1.807, 2.05) is 0 Å². The maximum absolute atomic E-state index is 11.3. The summed E-state index contributed by atoms with van der Waals surface area (Å²) in [6.45, 7) is 0.0113. The molecule has 0 radical (unpaired) electrons. The molecule has 0 saturated carbocycles. The number of benzene rings is 1. The molecule has 1 amide bonds. The molecule has 1 fully saturated rings. The van der Waals surface area contributed by atoms with E-state index in [2.05, 4.69) is 20.6 Å². The molecule has 1 aliphatic rings. The van der Waals surface area contributed by atoms with E-state index in [1.54, 1.807) is 18.2 Å². The van der Waals surface area contributed by atoms with Crippen LogP contribution in [0.3, 0.4) is 0 Å². The van der Waals surface area contributed by atoms with E-state index in [-0.39, 0.29) is 13.0 Å². The average molecular weight is 368 g/mol. The Labute approximate surface area is 146 Å². The van der Waals surface area contributed by atoms with Crippen LogP contribution in [0.15, 0.2) is 18.2 Å². The second-order valence-corrected chi connectivity index (χ2v) is 5.87. The number of aromatic nitrogens is 4. The maximum Gasteiger partial charge on any atom is 0.408 e. The Bertz CT molecular complexity index is 784. The molecule has 2 heterocycles. The monoisotopic (exact) mass is 367 g/mol. The standard InChI is InChI=1S/C14H14ClN5O5/c15-9-5-7(12-16-18-19-17-12)1-4-11(9)25-6-8-2-3-10(13(21)22)20(8)14(23)24/h1,4-5,8,10H,2-3,6H2,(H,21,22)(H,23,24)(H,16,17,18,19)/t8-,10+/m1/s1. The number of carbonyl (C=O) groups is 2. The van der Waals surface area contributed by atoms with Crippen molar-refractivity contribution in [3.8, 4) is 17.1 Å². The van der Waals surface area contributed by atoms with Gasteiger partial charge >= 0.3 is 12.1 Å². The molecule has 0 bridgehead atoms. The van der Waals surface area contributed by atoms with Crippen LogP contribution < -0.4 is 4.74 Å². The number of carboxylic acids is 1. The average Bonchev–Trinajstić information content (AvgIpc) is 3.23. The quantitative estimate of drug-likeness (QED) is 0.721. The van der Waals surface area contributed by atoms with Crippen LogP contribution >= 0.6 is 11.6 Å². The fourth-order valence-corrected chi connectivity index (χ4v) is 3.04. The number of hydrogen-bond acceptors (Lipinski definition) is 6. The van der Waals surface area contributed by atoms with Gasteiger partial charge < -0.3 is 14.9 Å². The highest BCUT2D eigenvalue weighted by Crippen LogP contribution is 2.30. The Balaban J connectivity index is 1.69. The molecule has 1 aromatic heterocycles. The van der Waals surface area contributed by atoms with Gasteiger partial charge in [-0.2, -0.15) is 5.21 Å². The molecule has 132 valence electrons. The number of ether oxygens (including phenoxy) is 1. The molecule has 0 spiro atoms. The minimum atomic E-state index is -1.28. The summed E-state index contributed by atoms with van der Waals surface area (Å²) in [5, 5.41) is 32.2. The molecule has 2 aromatic rings. The van der Waals surface area contributed by atoms with Gasteiger partial charge in [-0.25, -0.2) is 9.59 Å². The summed E-state index contributed by atoms with van der Waals surface area (Å²) in [6.07, 6.45) is -0.626. The van der Waals surface area contributed by atoms with Crippen molar-refractivity contribution in [3.63, 3.8) is 0 Å². The highest BCUT2D eigenvalue weighted by molar-refractivity contribution is 6.32. The lowest BCUT2D eigenvalue weighted by Crippen LogP contribution is -2.46. The lowest BCUT2D eigenvalue weighted by molar-refractivity contribution is -0.142. The molecule has 10 nitrogen and oxygen atoms in total. The van der Waals surface area contributed by atoms with Crippen molar-refractivity contribution >= 4 is 23.7 Å². The smallest absolute Gasteiger partial charge is 0.408 e. The summed E-state index contributed by atoms with van der Waals surface area (Å²) >= 11 is 6.17. The Kier molecular flexibility index (Phi) is 4.70. The van der Waals surface area contributed by atoms with Gasteiger partial charge in [-0.1, -0.05) is 11.6 Å². The van der Waals surface area contributed by atoms with Gasteiger partial charge in [-0.05, 0) is 36.3 Å². The summed E-state index contributed by atoms with van der Waals surface area (Å²) in [4.78, 5) is 23.4. The molecule has 3 rings (SSSR count). The fraction of sp³-hybridized carbons (Fsp3) is 0.357. The molecule has 1 saturated heterocycles. The molecule has 0 aliphatic carbocycles. The summed E-state index contributed by atoms with van der Waals surface area (Å²) in [5.74, 6) is -0.420. The molecule has 2 atom stereocenters. The van der Waals surface area contributed by atoms with Gasteiger partial charge in [0.1, 0.15) is 18.4 Å². The largest absolute Gasteiger partial charge is 0.490 e. The number of aliphatic carboxylic acids is 1. The predicted octanol–water partition coefficient (Wildman–Crippen LogP) is 1.49. The van der Waals surface area contributed by atoms with E-state index in [4.69, 9.17) is 21.4 Å². The Morgan fingerprint density at radius 1 is 1.36 bits per heavy atom. The minimum absolute atomic E-state index is 0.0113. The maximum atomic E-state index is 11.3. The zero-order valence-corrected chi connectivity index (χ0v) is 13.5. The van der Waals surface area contributed by atoms with Gasteiger partial charge in [0.2, 0.25) is 5.82 Å². The van der Waals surface area contributed by atoms with Crippen molar-refractivity contribution in [2.45, 2.75) is 24.9 Å². The Morgan fingerprint density at radius 2 is 2.16 bits per heavy atom. The Hall–Kier alpha value is -2.88. The lowest BCUT2D eigenvalue weighted by atomic mass is 10.2. The van der Waals surface area contributed by atoms with Gasteiger partial charge in [0, 0.05) is 5.56 Å². The highest BCUT2D eigenvalue weighted by Gasteiger charge is 2.41. The zero-order chi connectivity index (χ0) is 18.0. The third-order valence-corrected chi connectivity index (χ3v) is 4.27. The number of carboxylic acid groups (broad SMARTS) is 2. The number of nitrogens with one attached hydrogen (secondary N) is 1. The third kappa shape index (κ3) is 3.48. The minimum Gasteiger partial charge on any atom is -0.490 e. The predicted molar refractivity (Wildman–Crippen MR) is 84.4 cm³/mol. The first-order valence-corrected chi connectivity index (χ1v) is 7.75. The fourth-order valence-electron chi connectivity index (χ4n) is 2.81. The highest BCUT2D eigenvalue weighted by atomic mass is 35.5. The Morgan fingerprint density at radius 3 is 2.76 bits per heavy atom. The van der Waals surface area contributed by atoms with E-state index in [1.165, 1.54) is 0 Å². The summed E-state index contributed by atoms with van der Waals surface area (Å²) in [7, 11) is 0. The number of likely N-dealkylation sites (tertiary alicyclic amines) is 1. The second kappa shape index (κ2) is 6.93. The number of halogens is 1. The van der Waals surface area contributed by atoms with E-state index in [9.17, 15) is 14.7 Å². The van der Waals surface area contributed by atoms with Crippen LogP contribution in [0.4, 0.5) is 4.79 Å². The number of hydrogen-bond donors (Lipinski definition) is 3. The van der Waals surface area contributed by atoms with Crippen LogP contribution in [0.25, 0.3) is 11.4 Å². The molecule has 1 aromatic carbocycles. The number of nitrogens with zero attached hydrogens (tertiary/aromatic N) is 4. The van der Waals surface area contributed by atoms with Crippen LogP contribution in [0.2, 0.25) is 5.02 Å². The molecule has 0 unspecified atom stereocenters. The number of rotatable bonds is 5. The number of tetrazole rings is 1. The molecule has 1 aliphatic heterocycles. The van der Waals surface area contributed by atoms with Crippen LogP contribution in [-0.4, -0.2) is 66.5 Å². The number of aromatic amines is 1. The van der Waals surface area contributed by atoms with Crippen molar-refractivity contribution in [3.05, 3.63) is 23.2 Å². The SMILES string of the molecule is O=C(O)[C@@H]1CC[C@H](COc2ccc(-c3nn[nH]n3)cc2Cl)N1C(=O)O. The molecule has 3 N–H and O–H groups in total. The van der Waals surface area contributed by atoms with E-state index in [0.29, 0.717) is 28.6 Å². The first kappa shape index (κ1) is 17.0. The second-order valence-electron chi connectivity index (χ2n) is 5.47. The van der Waals surface area contributed by atoms with Crippen LogP contribution in [0.5, 0.6) is 5.75 Å². The van der Waals surface area contributed by atoms with E-state index < -0.39 is 24.1 Å².